The van der Waals surface area contributed by atoms with Crippen LogP contribution in [-0.2, 0) is 6.18 Å². The molecule has 0 aliphatic rings. The quantitative estimate of drug-likeness (QED) is 0.750. The van der Waals surface area contributed by atoms with Crippen molar-refractivity contribution in [2.75, 3.05) is 5.32 Å². The summed E-state index contributed by atoms with van der Waals surface area (Å²) in [6.07, 6.45) is -4.38. The van der Waals surface area contributed by atoms with E-state index in [1.807, 2.05) is 38.1 Å². The van der Waals surface area contributed by atoms with Crippen molar-refractivity contribution >= 4 is 17.3 Å². The molecular formula is C16H15ClF3N. The third-order valence-electron chi connectivity index (χ3n) is 3.21. The average molecular weight is 314 g/mol. The summed E-state index contributed by atoms with van der Waals surface area (Å²) >= 11 is 5.98. The second-order valence-corrected chi connectivity index (χ2v) is 5.38. The summed E-state index contributed by atoms with van der Waals surface area (Å²) in [7, 11) is 0. The number of anilines is 1. The van der Waals surface area contributed by atoms with Gasteiger partial charge in [-0.3, -0.25) is 0 Å². The second kappa shape index (κ2) is 5.98. The van der Waals surface area contributed by atoms with Gasteiger partial charge in [0, 0.05) is 6.04 Å². The molecule has 0 fully saturated rings. The van der Waals surface area contributed by atoms with Gasteiger partial charge in [0.25, 0.3) is 0 Å². The number of benzene rings is 2. The molecular weight excluding hydrogens is 299 g/mol. The highest BCUT2D eigenvalue weighted by atomic mass is 35.5. The van der Waals surface area contributed by atoms with Gasteiger partial charge in [0.15, 0.2) is 0 Å². The lowest BCUT2D eigenvalue weighted by atomic mass is 10.1. The molecule has 0 spiro atoms. The van der Waals surface area contributed by atoms with Crippen LogP contribution in [0.3, 0.4) is 0 Å². The van der Waals surface area contributed by atoms with E-state index < -0.39 is 11.7 Å². The lowest BCUT2D eigenvalue weighted by molar-refractivity contribution is -0.137. The SMILES string of the molecule is Cc1cccc(C(C)Nc2cc(C(F)(F)F)ccc2Cl)c1. The van der Waals surface area contributed by atoms with Gasteiger partial charge in [-0.05, 0) is 37.6 Å². The summed E-state index contributed by atoms with van der Waals surface area (Å²) in [6, 6.07) is 10.9. The highest BCUT2D eigenvalue weighted by molar-refractivity contribution is 6.33. The van der Waals surface area contributed by atoms with Crippen LogP contribution in [0, 0.1) is 6.92 Å². The molecule has 0 amide bonds. The normalized spacial score (nSPS) is 13.0. The zero-order chi connectivity index (χ0) is 15.6. The molecule has 0 aromatic heterocycles. The van der Waals surface area contributed by atoms with Crippen molar-refractivity contribution in [3.63, 3.8) is 0 Å². The van der Waals surface area contributed by atoms with Crippen LogP contribution in [0.15, 0.2) is 42.5 Å². The molecule has 1 nitrogen and oxygen atoms in total. The summed E-state index contributed by atoms with van der Waals surface area (Å²) in [5, 5.41) is 3.30. The number of hydrogen-bond acceptors (Lipinski definition) is 1. The molecule has 0 saturated heterocycles. The van der Waals surface area contributed by atoms with Crippen LogP contribution in [0.5, 0.6) is 0 Å². The van der Waals surface area contributed by atoms with Gasteiger partial charge in [-0.1, -0.05) is 41.4 Å². The van der Waals surface area contributed by atoms with Gasteiger partial charge in [0.2, 0.25) is 0 Å². The Bertz CT molecular complexity index is 638. The Balaban J connectivity index is 2.26. The molecule has 2 rings (SSSR count). The summed E-state index contributed by atoms with van der Waals surface area (Å²) < 4.78 is 38.2. The number of aryl methyl sites for hydroxylation is 1. The minimum atomic E-state index is -4.38. The van der Waals surface area contributed by atoms with Gasteiger partial charge in [-0.15, -0.1) is 0 Å². The Labute approximate surface area is 126 Å². The Kier molecular flexibility index (Phi) is 4.47. The second-order valence-electron chi connectivity index (χ2n) is 4.97. The van der Waals surface area contributed by atoms with E-state index in [0.29, 0.717) is 0 Å². The molecule has 0 saturated carbocycles. The van der Waals surface area contributed by atoms with E-state index >= 15 is 0 Å². The van der Waals surface area contributed by atoms with E-state index in [1.165, 1.54) is 6.07 Å². The van der Waals surface area contributed by atoms with E-state index in [2.05, 4.69) is 5.32 Å². The van der Waals surface area contributed by atoms with Crippen molar-refractivity contribution < 1.29 is 13.2 Å². The summed E-state index contributed by atoms with van der Waals surface area (Å²) in [5.41, 5.74) is 1.64. The minimum Gasteiger partial charge on any atom is -0.377 e. The van der Waals surface area contributed by atoms with Crippen LogP contribution < -0.4 is 5.32 Å². The number of halogens is 4. The molecule has 21 heavy (non-hydrogen) atoms. The first-order valence-electron chi connectivity index (χ1n) is 6.47. The van der Waals surface area contributed by atoms with Crippen LogP contribution in [0.1, 0.15) is 29.7 Å². The first-order chi connectivity index (χ1) is 9.77. The fourth-order valence-corrected chi connectivity index (χ4v) is 2.24. The van der Waals surface area contributed by atoms with E-state index in [0.717, 1.165) is 23.3 Å². The third-order valence-corrected chi connectivity index (χ3v) is 3.54. The van der Waals surface area contributed by atoms with Gasteiger partial charge in [0.1, 0.15) is 0 Å². The molecule has 112 valence electrons. The van der Waals surface area contributed by atoms with Crippen molar-refractivity contribution in [1.29, 1.82) is 0 Å². The highest BCUT2D eigenvalue weighted by Gasteiger charge is 2.31. The van der Waals surface area contributed by atoms with Crippen molar-refractivity contribution in [1.82, 2.24) is 0 Å². The van der Waals surface area contributed by atoms with Crippen molar-refractivity contribution in [3.05, 3.63) is 64.2 Å². The first kappa shape index (κ1) is 15.7. The van der Waals surface area contributed by atoms with Gasteiger partial charge in [-0.2, -0.15) is 13.2 Å². The summed E-state index contributed by atoms with van der Waals surface area (Å²) in [4.78, 5) is 0. The zero-order valence-electron chi connectivity index (χ0n) is 11.6. The van der Waals surface area contributed by atoms with Crippen molar-refractivity contribution in [2.45, 2.75) is 26.1 Å². The molecule has 1 N–H and O–H groups in total. The molecule has 0 radical (unpaired) electrons. The van der Waals surface area contributed by atoms with Gasteiger partial charge in [0.05, 0.1) is 16.3 Å². The third kappa shape index (κ3) is 3.91. The molecule has 5 heteroatoms. The van der Waals surface area contributed by atoms with Crippen LogP contribution in [0.25, 0.3) is 0 Å². The number of nitrogens with one attached hydrogen (secondary N) is 1. The number of rotatable bonds is 3. The molecule has 0 heterocycles. The Hall–Kier alpha value is -1.68. The lowest BCUT2D eigenvalue weighted by Crippen LogP contribution is -2.10. The molecule has 0 bridgehead atoms. The minimum absolute atomic E-state index is 0.147. The fraction of sp³-hybridized carbons (Fsp3) is 0.250. The lowest BCUT2D eigenvalue weighted by Gasteiger charge is -2.18. The first-order valence-corrected chi connectivity index (χ1v) is 6.85. The topological polar surface area (TPSA) is 12.0 Å². The van der Waals surface area contributed by atoms with Crippen LogP contribution in [0.2, 0.25) is 5.02 Å². The smallest absolute Gasteiger partial charge is 0.377 e. The van der Waals surface area contributed by atoms with E-state index in [9.17, 15) is 13.2 Å². The molecule has 0 aliphatic heterocycles. The van der Waals surface area contributed by atoms with Gasteiger partial charge < -0.3 is 5.32 Å². The van der Waals surface area contributed by atoms with Gasteiger partial charge in [-0.25, -0.2) is 0 Å². The summed E-state index contributed by atoms with van der Waals surface area (Å²) in [6.45, 7) is 3.85. The van der Waals surface area contributed by atoms with Gasteiger partial charge >= 0.3 is 6.18 Å². The maximum Gasteiger partial charge on any atom is 0.416 e. The molecule has 1 atom stereocenters. The van der Waals surface area contributed by atoms with Crippen LogP contribution in [-0.4, -0.2) is 0 Å². The predicted molar refractivity (Wildman–Crippen MR) is 79.7 cm³/mol. The standard InChI is InChI=1S/C16H15ClF3N/c1-10-4-3-5-12(8-10)11(2)21-15-9-13(16(18,19)20)6-7-14(15)17/h3-9,11,21H,1-2H3. The predicted octanol–water partition coefficient (Wildman–Crippen LogP) is 5.84. The van der Waals surface area contributed by atoms with Crippen LogP contribution in [0.4, 0.5) is 18.9 Å². The molecule has 2 aromatic carbocycles. The Morgan fingerprint density at radius 1 is 1.10 bits per heavy atom. The number of alkyl halides is 3. The maximum absolute atomic E-state index is 12.7. The van der Waals surface area contributed by atoms with Crippen molar-refractivity contribution in [3.8, 4) is 0 Å². The fourth-order valence-electron chi connectivity index (χ4n) is 2.07. The molecule has 2 aromatic rings. The monoisotopic (exact) mass is 313 g/mol. The Morgan fingerprint density at radius 2 is 1.81 bits per heavy atom. The highest BCUT2D eigenvalue weighted by Crippen LogP contribution is 2.35. The molecule has 1 unspecified atom stereocenters. The van der Waals surface area contributed by atoms with Crippen LogP contribution >= 0.6 is 11.6 Å². The average Bonchev–Trinajstić information content (AvgIpc) is 2.40. The Morgan fingerprint density at radius 3 is 2.43 bits per heavy atom. The number of hydrogen-bond donors (Lipinski definition) is 1. The van der Waals surface area contributed by atoms with Crippen molar-refractivity contribution in [2.24, 2.45) is 0 Å². The largest absolute Gasteiger partial charge is 0.416 e. The van der Waals surface area contributed by atoms with E-state index in [4.69, 9.17) is 11.6 Å². The van der Waals surface area contributed by atoms with E-state index in [-0.39, 0.29) is 16.8 Å². The zero-order valence-corrected chi connectivity index (χ0v) is 12.4. The van der Waals surface area contributed by atoms with E-state index in [1.54, 1.807) is 0 Å². The maximum atomic E-state index is 12.7. The molecule has 0 aliphatic carbocycles. The summed E-state index contributed by atoms with van der Waals surface area (Å²) in [5.74, 6) is 0.